The third-order valence-corrected chi connectivity index (χ3v) is 2.27. The number of nitrogens with two attached hydrogens (primary N) is 1. The van der Waals surface area contributed by atoms with Gasteiger partial charge < -0.3 is 16.4 Å². The molecule has 4 N–H and O–H groups in total. The highest BCUT2D eigenvalue weighted by atomic mass is 127. The molecule has 0 heterocycles. The standard InChI is InChI=1S/C13H15F3N4O.HI/c1-7(2)5-18-13(17)19-6-10(21)20-9-4-3-8(14)11(15)12(9)16;/h3-4H,1,5-6H2,2H3,(H,20,21)(H3,17,18,19);1H. The van der Waals surface area contributed by atoms with Crippen LogP contribution in [0.15, 0.2) is 29.3 Å². The minimum Gasteiger partial charge on any atom is -0.370 e. The Kier molecular flexibility index (Phi) is 8.53. The van der Waals surface area contributed by atoms with Crippen molar-refractivity contribution in [3.63, 3.8) is 0 Å². The number of anilines is 1. The SMILES string of the molecule is C=C(C)CNC(N)=NCC(=O)Nc1ccc(F)c(F)c1F.I. The van der Waals surface area contributed by atoms with Crippen LogP contribution in [0.1, 0.15) is 6.92 Å². The molecule has 1 aromatic carbocycles. The van der Waals surface area contributed by atoms with Crippen LogP contribution in [0.5, 0.6) is 0 Å². The molecule has 0 aliphatic carbocycles. The van der Waals surface area contributed by atoms with Gasteiger partial charge in [-0.05, 0) is 19.1 Å². The zero-order valence-corrected chi connectivity index (χ0v) is 14.1. The van der Waals surface area contributed by atoms with Crippen LogP contribution in [0.25, 0.3) is 0 Å². The molecule has 0 saturated carbocycles. The normalized spacial score (nSPS) is 10.6. The number of amides is 1. The third kappa shape index (κ3) is 6.33. The van der Waals surface area contributed by atoms with Gasteiger partial charge in [0.1, 0.15) is 6.54 Å². The van der Waals surface area contributed by atoms with Gasteiger partial charge in [-0.25, -0.2) is 18.2 Å². The number of nitrogens with one attached hydrogen (secondary N) is 2. The number of rotatable bonds is 5. The molecule has 1 amide bonds. The molecule has 0 bridgehead atoms. The van der Waals surface area contributed by atoms with E-state index in [1.807, 2.05) is 0 Å². The Morgan fingerprint density at radius 2 is 1.95 bits per heavy atom. The number of carbonyl (C=O) groups excluding carboxylic acids is 1. The van der Waals surface area contributed by atoms with E-state index in [2.05, 4.69) is 22.2 Å². The minimum absolute atomic E-state index is 0. The molecule has 22 heavy (non-hydrogen) atoms. The molecular formula is C13H16F3IN4O. The Morgan fingerprint density at radius 3 is 2.55 bits per heavy atom. The van der Waals surface area contributed by atoms with E-state index in [0.717, 1.165) is 11.6 Å². The van der Waals surface area contributed by atoms with Crippen LogP contribution in [0.3, 0.4) is 0 Å². The Morgan fingerprint density at radius 1 is 1.32 bits per heavy atom. The zero-order valence-electron chi connectivity index (χ0n) is 11.8. The van der Waals surface area contributed by atoms with Gasteiger partial charge in [0.25, 0.3) is 0 Å². The van der Waals surface area contributed by atoms with Crippen molar-refractivity contribution < 1.29 is 18.0 Å². The molecule has 1 rings (SSSR count). The molecular weight excluding hydrogens is 412 g/mol. The van der Waals surface area contributed by atoms with Crippen molar-refractivity contribution in [2.75, 3.05) is 18.4 Å². The maximum absolute atomic E-state index is 13.3. The van der Waals surface area contributed by atoms with Crippen LogP contribution in [0, 0.1) is 17.5 Å². The zero-order chi connectivity index (χ0) is 16.0. The first-order valence-corrected chi connectivity index (χ1v) is 5.92. The van der Waals surface area contributed by atoms with E-state index < -0.39 is 35.6 Å². The van der Waals surface area contributed by atoms with Gasteiger partial charge in [0.15, 0.2) is 23.4 Å². The first-order chi connectivity index (χ1) is 9.81. The number of aliphatic imine (C=N–C) groups is 1. The van der Waals surface area contributed by atoms with Gasteiger partial charge in [0.05, 0.1) is 5.69 Å². The van der Waals surface area contributed by atoms with Gasteiger partial charge in [-0.1, -0.05) is 12.2 Å². The Labute approximate surface area is 142 Å². The number of hydrogen-bond donors (Lipinski definition) is 3. The number of benzene rings is 1. The molecule has 0 aromatic heterocycles. The van der Waals surface area contributed by atoms with Crippen LogP contribution >= 0.6 is 24.0 Å². The van der Waals surface area contributed by atoms with Crippen LogP contribution < -0.4 is 16.4 Å². The van der Waals surface area contributed by atoms with E-state index in [9.17, 15) is 18.0 Å². The topological polar surface area (TPSA) is 79.5 Å². The van der Waals surface area contributed by atoms with Gasteiger partial charge >= 0.3 is 0 Å². The second-order valence-corrected chi connectivity index (χ2v) is 4.28. The van der Waals surface area contributed by atoms with E-state index >= 15 is 0 Å². The van der Waals surface area contributed by atoms with Gasteiger partial charge in [-0.2, -0.15) is 0 Å². The quantitative estimate of drug-likeness (QED) is 0.221. The summed E-state index contributed by atoms with van der Waals surface area (Å²) in [4.78, 5) is 15.2. The Balaban J connectivity index is 0.00000441. The number of guanidine groups is 1. The number of hydrogen-bond acceptors (Lipinski definition) is 2. The maximum atomic E-state index is 13.3. The average Bonchev–Trinajstić information content (AvgIpc) is 2.43. The molecule has 0 saturated heterocycles. The Hall–Kier alpha value is -1.78. The van der Waals surface area contributed by atoms with E-state index in [1.54, 1.807) is 6.92 Å². The summed E-state index contributed by atoms with van der Waals surface area (Å²) < 4.78 is 39.0. The smallest absolute Gasteiger partial charge is 0.246 e. The number of nitrogens with zero attached hydrogens (tertiary/aromatic N) is 1. The van der Waals surface area contributed by atoms with Crippen LogP contribution in [0.4, 0.5) is 18.9 Å². The summed E-state index contributed by atoms with van der Waals surface area (Å²) in [7, 11) is 0. The summed E-state index contributed by atoms with van der Waals surface area (Å²) >= 11 is 0. The lowest BCUT2D eigenvalue weighted by Gasteiger charge is -2.07. The Bertz CT molecular complexity index is 593. The van der Waals surface area contributed by atoms with Crippen molar-refractivity contribution in [3.05, 3.63) is 41.7 Å². The van der Waals surface area contributed by atoms with E-state index in [0.29, 0.717) is 12.6 Å². The van der Waals surface area contributed by atoms with Crippen LogP contribution in [0.2, 0.25) is 0 Å². The molecule has 122 valence electrons. The second-order valence-electron chi connectivity index (χ2n) is 4.28. The van der Waals surface area contributed by atoms with Crippen molar-refractivity contribution in [1.29, 1.82) is 0 Å². The lowest BCUT2D eigenvalue weighted by Crippen LogP contribution is -2.33. The maximum Gasteiger partial charge on any atom is 0.246 e. The highest BCUT2D eigenvalue weighted by molar-refractivity contribution is 14.0. The van der Waals surface area contributed by atoms with Gasteiger partial charge in [0.2, 0.25) is 5.91 Å². The van der Waals surface area contributed by atoms with Crippen molar-refractivity contribution in [2.45, 2.75) is 6.92 Å². The lowest BCUT2D eigenvalue weighted by atomic mass is 10.3. The number of halogens is 4. The fraction of sp³-hybridized carbons (Fsp3) is 0.231. The van der Waals surface area contributed by atoms with Gasteiger partial charge in [-0.3, -0.25) is 4.79 Å². The van der Waals surface area contributed by atoms with Crippen molar-refractivity contribution in [2.24, 2.45) is 10.7 Å². The molecule has 0 atom stereocenters. The van der Waals surface area contributed by atoms with E-state index in [4.69, 9.17) is 5.73 Å². The fourth-order valence-electron chi connectivity index (χ4n) is 1.27. The summed E-state index contributed by atoms with van der Waals surface area (Å²) in [6.07, 6.45) is 0. The molecule has 0 unspecified atom stereocenters. The van der Waals surface area contributed by atoms with Crippen LogP contribution in [-0.4, -0.2) is 25.0 Å². The minimum atomic E-state index is -1.65. The lowest BCUT2D eigenvalue weighted by molar-refractivity contribution is -0.114. The van der Waals surface area contributed by atoms with Crippen molar-refractivity contribution in [1.82, 2.24) is 5.32 Å². The van der Waals surface area contributed by atoms with E-state index in [-0.39, 0.29) is 29.9 Å². The fourth-order valence-corrected chi connectivity index (χ4v) is 1.27. The molecule has 0 aliphatic rings. The molecule has 9 heteroatoms. The van der Waals surface area contributed by atoms with Gasteiger partial charge in [-0.15, -0.1) is 24.0 Å². The molecule has 1 aromatic rings. The molecule has 5 nitrogen and oxygen atoms in total. The molecule has 0 fully saturated rings. The predicted octanol–water partition coefficient (Wildman–Crippen LogP) is 2.14. The monoisotopic (exact) mass is 428 g/mol. The average molecular weight is 428 g/mol. The first kappa shape index (κ1) is 20.2. The van der Waals surface area contributed by atoms with Crippen molar-refractivity contribution >= 4 is 41.5 Å². The largest absolute Gasteiger partial charge is 0.370 e. The highest BCUT2D eigenvalue weighted by Gasteiger charge is 2.14. The second kappa shape index (κ2) is 9.28. The van der Waals surface area contributed by atoms with Crippen molar-refractivity contribution in [3.8, 4) is 0 Å². The summed E-state index contributed by atoms with van der Waals surface area (Å²) in [5.41, 5.74) is 5.82. The van der Waals surface area contributed by atoms with E-state index in [1.165, 1.54) is 0 Å². The molecule has 0 aliphatic heterocycles. The first-order valence-electron chi connectivity index (χ1n) is 5.92. The number of carbonyl (C=O) groups is 1. The summed E-state index contributed by atoms with van der Waals surface area (Å²) in [6.45, 7) is 5.42. The summed E-state index contributed by atoms with van der Waals surface area (Å²) in [6, 6.07) is 1.62. The summed E-state index contributed by atoms with van der Waals surface area (Å²) in [5.74, 6) is -5.17. The highest BCUT2D eigenvalue weighted by Crippen LogP contribution is 2.19. The molecule has 0 spiro atoms. The third-order valence-electron chi connectivity index (χ3n) is 2.27. The molecule has 0 radical (unpaired) electrons. The summed E-state index contributed by atoms with van der Waals surface area (Å²) in [5, 5.41) is 4.76. The predicted molar refractivity (Wildman–Crippen MR) is 89.7 cm³/mol. The van der Waals surface area contributed by atoms with Gasteiger partial charge in [0, 0.05) is 6.54 Å². The van der Waals surface area contributed by atoms with Crippen LogP contribution in [-0.2, 0) is 4.79 Å².